The predicted molar refractivity (Wildman–Crippen MR) is 104 cm³/mol. The van der Waals surface area contributed by atoms with Gasteiger partial charge in [-0.2, -0.15) is 13.2 Å². The average Bonchev–Trinajstić information content (AvgIpc) is 2.70. The molecule has 3 aromatic rings. The molecule has 12 heteroatoms. The van der Waals surface area contributed by atoms with Crippen LogP contribution in [-0.4, -0.2) is 27.9 Å². The van der Waals surface area contributed by atoms with Crippen LogP contribution in [0.3, 0.4) is 0 Å². The molecule has 0 saturated heterocycles. The maximum absolute atomic E-state index is 14.2. The summed E-state index contributed by atoms with van der Waals surface area (Å²) in [5, 5.41) is 15.8. The van der Waals surface area contributed by atoms with E-state index >= 15 is 0 Å². The van der Waals surface area contributed by atoms with E-state index in [4.69, 9.17) is 0 Å². The zero-order valence-corrected chi connectivity index (χ0v) is 17.1. The molecule has 1 unspecified atom stereocenters. The van der Waals surface area contributed by atoms with E-state index < -0.39 is 58.2 Å². The number of benzene rings is 2. The molecular weight excluding hydrogens is 458 g/mol. The first kappa shape index (κ1) is 24.2. The minimum atomic E-state index is -5.52. The molecule has 1 amide bonds. The van der Waals surface area contributed by atoms with E-state index in [1.807, 2.05) is 5.32 Å². The second-order valence-corrected chi connectivity index (χ2v) is 8.01. The first-order chi connectivity index (χ1) is 15.2. The number of carbonyl (C=O) groups excluding carboxylic acids is 1. The first-order valence-electron chi connectivity index (χ1n) is 9.31. The van der Waals surface area contributed by atoms with Crippen LogP contribution in [0.25, 0.3) is 10.8 Å². The van der Waals surface area contributed by atoms with Crippen LogP contribution in [0.15, 0.2) is 45.8 Å². The van der Waals surface area contributed by atoms with Gasteiger partial charge in [0, 0.05) is 17.5 Å². The SMILES string of the molecule is CC(C)(CC(O)(C(=O)Nc1ccc2c(=O)oncc2c1)C(F)(F)F)c1ccc(F)c(F)c1F. The maximum atomic E-state index is 14.2. The number of aliphatic hydroxyl groups is 1. The zero-order valence-electron chi connectivity index (χ0n) is 17.1. The molecule has 0 saturated carbocycles. The van der Waals surface area contributed by atoms with Gasteiger partial charge in [0.2, 0.25) is 5.60 Å². The van der Waals surface area contributed by atoms with Gasteiger partial charge in [0.15, 0.2) is 17.5 Å². The van der Waals surface area contributed by atoms with E-state index in [9.17, 15) is 41.0 Å². The number of nitrogens with one attached hydrogen (secondary N) is 1. The summed E-state index contributed by atoms with van der Waals surface area (Å²) in [7, 11) is 0. The van der Waals surface area contributed by atoms with Crippen LogP contribution in [0.5, 0.6) is 0 Å². The van der Waals surface area contributed by atoms with Crippen LogP contribution in [0.4, 0.5) is 32.0 Å². The lowest BCUT2D eigenvalue weighted by atomic mass is 9.74. The molecule has 33 heavy (non-hydrogen) atoms. The highest BCUT2D eigenvalue weighted by Gasteiger charge is 2.61. The van der Waals surface area contributed by atoms with E-state index in [1.165, 1.54) is 6.07 Å². The fourth-order valence-corrected chi connectivity index (χ4v) is 3.44. The number of carbonyl (C=O) groups is 1. The number of alkyl halides is 3. The summed E-state index contributed by atoms with van der Waals surface area (Å²) in [6.07, 6.45) is -5.85. The van der Waals surface area contributed by atoms with Gasteiger partial charge in [-0.3, -0.25) is 4.79 Å². The van der Waals surface area contributed by atoms with Crippen LogP contribution < -0.4 is 10.9 Å². The number of anilines is 1. The van der Waals surface area contributed by atoms with Crippen molar-refractivity contribution in [1.29, 1.82) is 0 Å². The Morgan fingerprint density at radius 2 is 1.76 bits per heavy atom. The molecular formula is C21H16F6N2O4. The van der Waals surface area contributed by atoms with Gasteiger partial charge in [-0.25, -0.2) is 18.0 Å². The molecule has 1 heterocycles. The molecule has 6 nitrogen and oxygen atoms in total. The molecule has 0 aliphatic carbocycles. The maximum Gasteiger partial charge on any atom is 0.426 e. The molecule has 1 aromatic heterocycles. The molecule has 0 bridgehead atoms. The number of rotatable bonds is 5. The van der Waals surface area contributed by atoms with Gasteiger partial charge in [0.05, 0.1) is 11.6 Å². The summed E-state index contributed by atoms with van der Waals surface area (Å²) in [6, 6.07) is 4.68. The van der Waals surface area contributed by atoms with Crippen molar-refractivity contribution in [1.82, 2.24) is 5.16 Å². The van der Waals surface area contributed by atoms with Gasteiger partial charge in [0.1, 0.15) is 0 Å². The number of aromatic nitrogens is 1. The number of amides is 1. The number of halogens is 6. The average molecular weight is 474 g/mol. The Balaban J connectivity index is 1.98. The molecule has 1 atom stereocenters. The van der Waals surface area contributed by atoms with E-state index in [2.05, 4.69) is 9.68 Å². The van der Waals surface area contributed by atoms with Crippen LogP contribution in [0.2, 0.25) is 0 Å². The Morgan fingerprint density at radius 1 is 1.09 bits per heavy atom. The number of nitrogens with zero attached hydrogens (tertiary/aromatic N) is 1. The lowest BCUT2D eigenvalue weighted by Gasteiger charge is -2.36. The topological polar surface area (TPSA) is 92.4 Å². The lowest BCUT2D eigenvalue weighted by molar-refractivity contribution is -0.254. The highest BCUT2D eigenvalue weighted by Crippen LogP contribution is 2.43. The monoisotopic (exact) mass is 474 g/mol. The van der Waals surface area contributed by atoms with Crippen LogP contribution in [0, 0.1) is 17.5 Å². The zero-order chi connectivity index (χ0) is 24.8. The standard InChI is InChI=1S/C21H16F6N2O4/c1-19(2,13-5-6-14(22)16(24)15(13)23)9-20(32,21(25,26)27)18(31)29-11-3-4-12-10(7-11)8-28-33-17(12)30/h3-8,32H,9H2,1-2H3,(H,29,31). The summed E-state index contributed by atoms with van der Waals surface area (Å²) in [5.74, 6) is -7.07. The lowest BCUT2D eigenvalue weighted by Crippen LogP contribution is -2.57. The van der Waals surface area contributed by atoms with Crippen molar-refractivity contribution in [2.24, 2.45) is 0 Å². The second-order valence-electron chi connectivity index (χ2n) is 8.01. The summed E-state index contributed by atoms with van der Waals surface area (Å²) in [5.41, 5.74) is -7.70. The van der Waals surface area contributed by atoms with E-state index in [0.717, 1.165) is 38.2 Å². The second kappa shape index (κ2) is 8.18. The van der Waals surface area contributed by atoms with Gasteiger partial charge in [0.25, 0.3) is 5.91 Å². The highest BCUT2D eigenvalue weighted by atomic mass is 19.4. The van der Waals surface area contributed by atoms with Crippen molar-refractivity contribution < 1.29 is 40.8 Å². The summed E-state index contributed by atoms with van der Waals surface area (Å²) in [4.78, 5) is 24.2. The van der Waals surface area contributed by atoms with Crippen molar-refractivity contribution in [2.75, 3.05) is 5.32 Å². The minimum Gasteiger partial charge on any atom is -0.373 e. The molecule has 0 aliphatic rings. The van der Waals surface area contributed by atoms with Crippen molar-refractivity contribution >= 4 is 22.4 Å². The number of fused-ring (bicyclic) bond motifs is 1. The predicted octanol–water partition coefficient (Wildman–Crippen LogP) is 4.21. The fraction of sp³-hybridized carbons (Fsp3) is 0.286. The van der Waals surface area contributed by atoms with Crippen LogP contribution >= 0.6 is 0 Å². The highest BCUT2D eigenvalue weighted by molar-refractivity contribution is 5.99. The molecule has 2 N–H and O–H groups in total. The molecule has 0 radical (unpaired) electrons. The molecule has 176 valence electrons. The fourth-order valence-electron chi connectivity index (χ4n) is 3.44. The third-order valence-electron chi connectivity index (χ3n) is 5.16. The third kappa shape index (κ3) is 4.42. The van der Waals surface area contributed by atoms with E-state index in [0.29, 0.717) is 6.07 Å². The molecule has 0 aliphatic heterocycles. The van der Waals surface area contributed by atoms with Gasteiger partial charge in [-0.05, 0) is 35.2 Å². The van der Waals surface area contributed by atoms with Gasteiger partial charge < -0.3 is 14.9 Å². The Bertz CT molecular complexity index is 1290. The number of hydrogen-bond acceptors (Lipinski definition) is 5. The normalized spacial score (nSPS) is 14.2. The quantitative estimate of drug-likeness (QED) is 0.427. The van der Waals surface area contributed by atoms with Crippen LogP contribution in [0.1, 0.15) is 25.8 Å². The van der Waals surface area contributed by atoms with Crippen molar-refractivity contribution in [3.63, 3.8) is 0 Å². The smallest absolute Gasteiger partial charge is 0.373 e. The number of hydrogen-bond donors (Lipinski definition) is 2. The molecule has 3 rings (SSSR count). The summed E-state index contributed by atoms with van der Waals surface area (Å²) < 4.78 is 87.1. The van der Waals surface area contributed by atoms with Gasteiger partial charge >= 0.3 is 11.8 Å². The Kier molecular flexibility index (Phi) is 6.01. The molecule has 0 fully saturated rings. The van der Waals surface area contributed by atoms with Crippen LogP contribution in [-0.2, 0) is 10.2 Å². The largest absolute Gasteiger partial charge is 0.426 e. The Hall–Kier alpha value is -3.41. The molecule has 2 aromatic carbocycles. The Labute approximate surface area is 181 Å². The molecule has 0 spiro atoms. The van der Waals surface area contributed by atoms with Crippen molar-refractivity contribution in [2.45, 2.75) is 37.5 Å². The minimum absolute atomic E-state index is 0.0454. The summed E-state index contributed by atoms with van der Waals surface area (Å²) in [6.45, 7) is 2.07. The first-order valence-corrected chi connectivity index (χ1v) is 9.31. The van der Waals surface area contributed by atoms with Gasteiger partial charge in [-0.1, -0.05) is 25.1 Å². The van der Waals surface area contributed by atoms with Crippen molar-refractivity contribution in [3.8, 4) is 0 Å². The third-order valence-corrected chi connectivity index (χ3v) is 5.16. The summed E-state index contributed by atoms with van der Waals surface area (Å²) >= 11 is 0. The van der Waals surface area contributed by atoms with E-state index in [-0.39, 0.29) is 16.5 Å². The van der Waals surface area contributed by atoms with E-state index in [1.54, 1.807) is 0 Å². The van der Waals surface area contributed by atoms with Gasteiger partial charge in [-0.15, -0.1) is 0 Å². The Morgan fingerprint density at radius 3 is 2.39 bits per heavy atom. The van der Waals surface area contributed by atoms with Crippen molar-refractivity contribution in [3.05, 3.63) is 70.0 Å².